The number of hydrogen-bond donors (Lipinski definition) is 1. The monoisotopic (exact) mass is 270 g/mol. The molecule has 2 aromatic carbocycles. The van der Waals surface area contributed by atoms with Crippen LogP contribution in [0.2, 0.25) is 0 Å². The van der Waals surface area contributed by atoms with Crippen molar-refractivity contribution in [1.29, 1.82) is 5.26 Å². The van der Waals surface area contributed by atoms with E-state index >= 15 is 0 Å². The molecule has 0 heterocycles. The number of rotatable bonds is 5. The van der Waals surface area contributed by atoms with Gasteiger partial charge in [0.25, 0.3) is 0 Å². The van der Waals surface area contributed by atoms with E-state index in [0.717, 1.165) is 5.56 Å². The average molecular weight is 270 g/mol. The summed E-state index contributed by atoms with van der Waals surface area (Å²) in [7, 11) is 0. The molecule has 0 amide bonds. The summed E-state index contributed by atoms with van der Waals surface area (Å²) in [6.45, 7) is 2.47. The summed E-state index contributed by atoms with van der Waals surface area (Å²) >= 11 is 0. The first-order chi connectivity index (χ1) is 9.72. The SMILES string of the molecule is CCOc1cccc(C(C#N)Nc2cccc(F)c2)c1. The van der Waals surface area contributed by atoms with Crippen molar-refractivity contribution >= 4 is 5.69 Å². The quantitative estimate of drug-likeness (QED) is 0.896. The molecule has 0 radical (unpaired) electrons. The highest BCUT2D eigenvalue weighted by Gasteiger charge is 2.11. The van der Waals surface area contributed by atoms with Crippen molar-refractivity contribution in [3.05, 3.63) is 59.9 Å². The van der Waals surface area contributed by atoms with Crippen LogP contribution in [0.25, 0.3) is 0 Å². The van der Waals surface area contributed by atoms with Crippen LogP contribution in [0.3, 0.4) is 0 Å². The third-order valence-electron chi connectivity index (χ3n) is 2.77. The zero-order chi connectivity index (χ0) is 14.4. The minimum atomic E-state index is -0.558. The average Bonchev–Trinajstić information content (AvgIpc) is 2.45. The third kappa shape index (κ3) is 3.48. The van der Waals surface area contributed by atoms with E-state index in [-0.39, 0.29) is 5.82 Å². The Morgan fingerprint density at radius 2 is 2.05 bits per heavy atom. The second-order valence-electron chi connectivity index (χ2n) is 4.22. The van der Waals surface area contributed by atoms with Gasteiger partial charge in [0.1, 0.15) is 17.6 Å². The van der Waals surface area contributed by atoms with Gasteiger partial charge < -0.3 is 10.1 Å². The minimum Gasteiger partial charge on any atom is -0.494 e. The van der Waals surface area contributed by atoms with Gasteiger partial charge in [0.15, 0.2) is 0 Å². The van der Waals surface area contributed by atoms with Crippen LogP contribution in [0.15, 0.2) is 48.5 Å². The van der Waals surface area contributed by atoms with Crippen LogP contribution in [0, 0.1) is 17.1 Å². The molecule has 2 rings (SSSR count). The largest absolute Gasteiger partial charge is 0.494 e. The van der Waals surface area contributed by atoms with Crippen molar-refractivity contribution < 1.29 is 9.13 Å². The maximum Gasteiger partial charge on any atom is 0.140 e. The number of nitriles is 1. The van der Waals surface area contributed by atoms with Crippen LogP contribution < -0.4 is 10.1 Å². The maximum absolute atomic E-state index is 13.1. The summed E-state index contributed by atoms with van der Waals surface area (Å²) < 4.78 is 18.6. The van der Waals surface area contributed by atoms with Crippen LogP contribution in [-0.4, -0.2) is 6.61 Å². The minimum absolute atomic E-state index is 0.338. The fraction of sp³-hybridized carbons (Fsp3) is 0.188. The van der Waals surface area contributed by atoms with Crippen LogP contribution in [0.4, 0.5) is 10.1 Å². The van der Waals surface area contributed by atoms with Gasteiger partial charge in [0.2, 0.25) is 0 Å². The van der Waals surface area contributed by atoms with Gasteiger partial charge in [-0.15, -0.1) is 0 Å². The van der Waals surface area contributed by atoms with Crippen molar-refractivity contribution in [3.8, 4) is 11.8 Å². The summed E-state index contributed by atoms with van der Waals surface area (Å²) in [5.41, 5.74) is 1.35. The highest BCUT2D eigenvalue weighted by Crippen LogP contribution is 2.23. The number of hydrogen-bond acceptors (Lipinski definition) is 3. The van der Waals surface area contributed by atoms with Crippen molar-refractivity contribution in [2.75, 3.05) is 11.9 Å². The van der Waals surface area contributed by atoms with Gasteiger partial charge in [-0.05, 0) is 42.8 Å². The molecule has 1 N–H and O–H groups in total. The number of anilines is 1. The van der Waals surface area contributed by atoms with Gasteiger partial charge >= 0.3 is 0 Å². The second kappa shape index (κ2) is 6.58. The van der Waals surface area contributed by atoms with Crippen molar-refractivity contribution in [3.63, 3.8) is 0 Å². The predicted molar refractivity (Wildman–Crippen MR) is 76.0 cm³/mol. The van der Waals surface area contributed by atoms with Gasteiger partial charge in [-0.1, -0.05) is 18.2 Å². The summed E-state index contributed by atoms with van der Waals surface area (Å²) in [6.07, 6.45) is 0. The molecular formula is C16H15FN2O. The molecule has 1 unspecified atom stereocenters. The Bertz CT molecular complexity index is 622. The van der Waals surface area contributed by atoms with E-state index in [1.165, 1.54) is 12.1 Å². The van der Waals surface area contributed by atoms with Crippen LogP contribution in [0.1, 0.15) is 18.5 Å². The van der Waals surface area contributed by atoms with Crippen LogP contribution in [-0.2, 0) is 0 Å². The first-order valence-electron chi connectivity index (χ1n) is 6.37. The zero-order valence-electron chi connectivity index (χ0n) is 11.1. The van der Waals surface area contributed by atoms with Gasteiger partial charge in [0.05, 0.1) is 12.7 Å². The summed E-state index contributed by atoms with van der Waals surface area (Å²) in [4.78, 5) is 0. The molecule has 0 aliphatic heterocycles. The fourth-order valence-electron chi connectivity index (χ4n) is 1.89. The van der Waals surface area contributed by atoms with E-state index in [2.05, 4.69) is 11.4 Å². The van der Waals surface area contributed by atoms with Crippen molar-refractivity contribution in [1.82, 2.24) is 0 Å². The van der Waals surface area contributed by atoms with Crippen LogP contribution >= 0.6 is 0 Å². The number of nitrogens with zero attached hydrogens (tertiary/aromatic N) is 1. The summed E-state index contributed by atoms with van der Waals surface area (Å²) in [5, 5.41) is 12.3. The predicted octanol–water partition coefficient (Wildman–Crippen LogP) is 3.90. The van der Waals surface area contributed by atoms with E-state index in [0.29, 0.717) is 18.0 Å². The molecule has 0 fully saturated rings. The normalized spacial score (nSPS) is 11.4. The van der Waals surface area contributed by atoms with E-state index in [4.69, 9.17) is 4.74 Å². The van der Waals surface area contributed by atoms with Crippen LogP contribution in [0.5, 0.6) is 5.75 Å². The maximum atomic E-state index is 13.1. The van der Waals surface area contributed by atoms with Gasteiger partial charge in [0, 0.05) is 5.69 Å². The van der Waals surface area contributed by atoms with Gasteiger partial charge in [-0.3, -0.25) is 0 Å². The summed E-state index contributed by atoms with van der Waals surface area (Å²) in [6, 6.07) is 15.0. The van der Waals surface area contributed by atoms with Crippen molar-refractivity contribution in [2.24, 2.45) is 0 Å². The van der Waals surface area contributed by atoms with E-state index in [9.17, 15) is 9.65 Å². The molecule has 102 valence electrons. The number of halogens is 1. The molecule has 4 heteroatoms. The number of ether oxygens (including phenoxy) is 1. The first kappa shape index (κ1) is 13.9. The molecule has 2 aromatic rings. The lowest BCUT2D eigenvalue weighted by atomic mass is 10.1. The Morgan fingerprint density at radius 1 is 1.25 bits per heavy atom. The van der Waals surface area contributed by atoms with Gasteiger partial charge in [-0.2, -0.15) is 5.26 Å². The highest BCUT2D eigenvalue weighted by atomic mass is 19.1. The molecule has 20 heavy (non-hydrogen) atoms. The lowest BCUT2D eigenvalue weighted by molar-refractivity contribution is 0.340. The lowest BCUT2D eigenvalue weighted by Gasteiger charge is -2.14. The molecule has 0 aliphatic carbocycles. The Balaban J connectivity index is 2.20. The van der Waals surface area contributed by atoms with E-state index in [1.54, 1.807) is 12.1 Å². The Morgan fingerprint density at radius 3 is 2.75 bits per heavy atom. The lowest BCUT2D eigenvalue weighted by Crippen LogP contribution is -2.08. The standard InChI is InChI=1S/C16H15FN2O/c1-2-20-15-8-3-5-12(9-15)16(11-18)19-14-7-4-6-13(17)10-14/h3-10,16,19H,2H2,1H3. The third-order valence-corrected chi connectivity index (χ3v) is 2.77. The molecule has 0 aliphatic rings. The van der Waals surface area contributed by atoms with E-state index in [1.807, 2.05) is 31.2 Å². The molecule has 0 saturated heterocycles. The number of nitrogens with one attached hydrogen (secondary N) is 1. The topological polar surface area (TPSA) is 45.0 Å². The first-order valence-corrected chi connectivity index (χ1v) is 6.37. The Hall–Kier alpha value is -2.54. The van der Waals surface area contributed by atoms with E-state index < -0.39 is 6.04 Å². The molecule has 0 spiro atoms. The zero-order valence-corrected chi connectivity index (χ0v) is 11.1. The molecular weight excluding hydrogens is 255 g/mol. The molecule has 0 bridgehead atoms. The Labute approximate surface area is 117 Å². The summed E-state index contributed by atoms with van der Waals surface area (Å²) in [5.74, 6) is 0.376. The molecule has 1 atom stereocenters. The highest BCUT2D eigenvalue weighted by molar-refractivity contribution is 5.48. The fourth-order valence-corrected chi connectivity index (χ4v) is 1.89. The van der Waals surface area contributed by atoms with Gasteiger partial charge in [-0.25, -0.2) is 4.39 Å². The smallest absolute Gasteiger partial charge is 0.140 e. The molecule has 0 aromatic heterocycles. The van der Waals surface area contributed by atoms with Crippen molar-refractivity contribution in [2.45, 2.75) is 13.0 Å². The molecule has 0 saturated carbocycles. The number of benzene rings is 2. The molecule has 3 nitrogen and oxygen atoms in total. The second-order valence-corrected chi connectivity index (χ2v) is 4.22. The Kier molecular flexibility index (Phi) is 4.56.